The number of aryl methyl sites for hydroxylation is 4. The number of benzene rings is 2. The average molecular weight is 568 g/mol. The van der Waals surface area contributed by atoms with Crippen LogP contribution in [0, 0.1) is 59.7 Å². The molecule has 12 nitrogen and oxygen atoms in total. The zero-order chi connectivity index (χ0) is 29.7. The van der Waals surface area contributed by atoms with E-state index in [1.165, 1.54) is 12.1 Å². The highest BCUT2D eigenvalue weighted by Gasteiger charge is 2.21. The molecule has 13 heteroatoms. The summed E-state index contributed by atoms with van der Waals surface area (Å²) in [6.07, 6.45) is 1.97. The summed E-state index contributed by atoms with van der Waals surface area (Å²) in [6, 6.07) is 8.93. The number of nitrogens with one attached hydrogen (secondary N) is 1. The number of hydrogen-bond donors (Lipinski definition) is 1. The van der Waals surface area contributed by atoms with E-state index in [2.05, 4.69) is 15.6 Å². The van der Waals surface area contributed by atoms with Gasteiger partial charge in [-0.2, -0.15) is 4.39 Å². The minimum Gasteiger partial charge on any atom is -0.381 e. The fourth-order valence-corrected chi connectivity index (χ4v) is 4.79. The number of ether oxygens (including phenoxy) is 1. The largest absolute Gasteiger partial charge is 0.381 e. The van der Waals surface area contributed by atoms with Crippen LogP contribution in [0.5, 0.6) is 0 Å². The number of halogens is 1. The molecule has 2 aromatic carbocycles. The summed E-state index contributed by atoms with van der Waals surface area (Å²) in [5.74, 6) is 0.833. The molecule has 1 saturated heterocycles. The van der Waals surface area contributed by atoms with E-state index in [1.807, 2.05) is 13.0 Å². The molecule has 4 aromatic rings. The average Bonchev–Trinajstić information content (AvgIpc) is 3.47. The Labute approximate surface area is 234 Å². The van der Waals surface area contributed by atoms with Crippen molar-refractivity contribution in [2.45, 2.75) is 40.5 Å². The first-order valence-corrected chi connectivity index (χ1v) is 13.0. The van der Waals surface area contributed by atoms with Crippen molar-refractivity contribution >= 4 is 17.1 Å². The molecule has 0 spiro atoms. The summed E-state index contributed by atoms with van der Waals surface area (Å²) >= 11 is 0. The lowest BCUT2D eigenvalue weighted by Crippen LogP contribution is -2.22. The van der Waals surface area contributed by atoms with Crippen LogP contribution in [0.25, 0.3) is 22.3 Å². The van der Waals surface area contributed by atoms with Crippen molar-refractivity contribution < 1.29 is 28.0 Å². The van der Waals surface area contributed by atoms with E-state index in [4.69, 9.17) is 13.8 Å². The van der Waals surface area contributed by atoms with Gasteiger partial charge in [0.25, 0.3) is 5.69 Å². The first-order chi connectivity index (χ1) is 19.6. The molecular formula is C28H30FN5O7. The van der Waals surface area contributed by atoms with Crippen molar-refractivity contribution in [1.29, 1.82) is 0 Å². The van der Waals surface area contributed by atoms with Crippen LogP contribution in [-0.2, 0) is 4.74 Å². The van der Waals surface area contributed by atoms with Crippen molar-refractivity contribution in [3.05, 3.63) is 85.4 Å². The van der Waals surface area contributed by atoms with Crippen molar-refractivity contribution in [3.63, 3.8) is 0 Å². The van der Waals surface area contributed by atoms with Gasteiger partial charge in [-0.1, -0.05) is 22.4 Å². The molecule has 41 heavy (non-hydrogen) atoms. The Morgan fingerprint density at radius 3 is 1.85 bits per heavy atom. The van der Waals surface area contributed by atoms with Gasteiger partial charge in [-0.15, -0.1) is 0 Å². The predicted molar refractivity (Wildman–Crippen MR) is 148 cm³/mol. The number of nitro benzene ring substituents is 2. The minimum absolute atomic E-state index is 0.0690. The van der Waals surface area contributed by atoms with Crippen LogP contribution in [0.3, 0.4) is 0 Å². The van der Waals surface area contributed by atoms with Gasteiger partial charge in [0.15, 0.2) is 0 Å². The van der Waals surface area contributed by atoms with E-state index in [-0.39, 0.29) is 10.6 Å². The molecule has 0 amide bonds. The smallest absolute Gasteiger partial charge is 0.305 e. The Balaban J connectivity index is 0.000000201. The molecule has 0 unspecified atom stereocenters. The van der Waals surface area contributed by atoms with Gasteiger partial charge in [0.2, 0.25) is 5.82 Å². The van der Waals surface area contributed by atoms with Gasteiger partial charge in [0.1, 0.15) is 17.2 Å². The predicted octanol–water partition coefficient (Wildman–Crippen LogP) is 6.71. The van der Waals surface area contributed by atoms with Crippen LogP contribution in [0.2, 0.25) is 0 Å². The van der Waals surface area contributed by atoms with E-state index in [0.717, 1.165) is 55.5 Å². The molecular weight excluding hydrogens is 537 g/mol. The molecule has 0 radical (unpaired) electrons. The molecule has 216 valence electrons. The van der Waals surface area contributed by atoms with Crippen LogP contribution in [0.1, 0.15) is 35.7 Å². The summed E-state index contributed by atoms with van der Waals surface area (Å²) in [5.41, 5.74) is 4.14. The molecule has 2 aromatic heterocycles. The summed E-state index contributed by atoms with van der Waals surface area (Å²) in [6.45, 7) is 9.30. The molecule has 0 atom stereocenters. The first kappa shape index (κ1) is 29.3. The van der Waals surface area contributed by atoms with Crippen molar-refractivity contribution in [2.75, 3.05) is 25.1 Å². The number of rotatable bonds is 7. The van der Waals surface area contributed by atoms with E-state index < -0.39 is 16.4 Å². The second-order valence-electron chi connectivity index (χ2n) is 9.75. The fraction of sp³-hybridized carbons (Fsp3) is 0.357. The lowest BCUT2D eigenvalue weighted by atomic mass is 9.99. The van der Waals surface area contributed by atoms with Gasteiger partial charge in [0, 0.05) is 43.0 Å². The summed E-state index contributed by atoms with van der Waals surface area (Å²) in [7, 11) is 0. The summed E-state index contributed by atoms with van der Waals surface area (Å²) < 4.78 is 28.7. The molecule has 1 aliphatic heterocycles. The zero-order valence-corrected chi connectivity index (χ0v) is 23.1. The summed E-state index contributed by atoms with van der Waals surface area (Å²) in [5, 5.41) is 33.0. The molecule has 0 bridgehead atoms. The fourth-order valence-electron chi connectivity index (χ4n) is 4.79. The molecule has 1 N–H and O–H groups in total. The standard InChI is InChI=1S/C17H21N3O4.C11H9FN2O3/c1-11-17(12(2)24-19-11)14-3-4-15(16(9-14)20(21)22)18-10-13-5-7-23-8-6-13;1-6-11(7(2)17-13-6)8-3-4-9(12)10(5-8)14(15)16/h3-4,9,13,18H,5-8,10H2,1-2H3;3-5H,1-2H3. The molecule has 5 rings (SSSR count). The van der Waals surface area contributed by atoms with Crippen molar-refractivity contribution in [3.8, 4) is 22.3 Å². The highest BCUT2D eigenvalue weighted by atomic mass is 19.1. The number of hydrogen-bond acceptors (Lipinski definition) is 10. The quantitative estimate of drug-likeness (QED) is 0.188. The van der Waals surface area contributed by atoms with Crippen LogP contribution in [0.15, 0.2) is 45.4 Å². The van der Waals surface area contributed by atoms with Gasteiger partial charge in [-0.25, -0.2) is 0 Å². The normalized spacial score (nSPS) is 13.4. The second-order valence-corrected chi connectivity index (χ2v) is 9.75. The van der Waals surface area contributed by atoms with Gasteiger partial charge >= 0.3 is 5.69 Å². The Hall–Kier alpha value is -4.65. The number of anilines is 1. The van der Waals surface area contributed by atoms with Gasteiger partial charge in [-0.3, -0.25) is 20.2 Å². The minimum atomic E-state index is -0.856. The maximum atomic E-state index is 13.2. The number of nitrogens with zero attached hydrogens (tertiary/aromatic N) is 4. The Bertz CT molecular complexity index is 1520. The number of aromatic nitrogens is 2. The van der Waals surface area contributed by atoms with E-state index in [9.17, 15) is 24.6 Å². The van der Waals surface area contributed by atoms with Crippen LogP contribution < -0.4 is 5.32 Å². The lowest BCUT2D eigenvalue weighted by molar-refractivity contribution is -0.387. The Morgan fingerprint density at radius 2 is 1.37 bits per heavy atom. The highest BCUT2D eigenvalue weighted by Crippen LogP contribution is 2.34. The van der Waals surface area contributed by atoms with Crippen LogP contribution in [0.4, 0.5) is 21.5 Å². The van der Waals surface area contributed by atoms with Gasteiger partial charge < -0.3 is 19.1 Å². The monoisotopic (exact) mass is 567 g/mol. The zero-order valence-electron chi connectivity index (χ0n) is 23.1. The topological polar surface area (TPSA) is 160 Å². The van der Waals surface area contributed by atoms with Crippen LogP contribution >= 0.6 is 0 Å². The molecule has 1 aliphatic rings. The van der Waals surface area contributed by atoms with Gasteiger partial charge in [-0.05, 0) is 69.7 Å². The first-order valence-electron chi connectivity index (χ1n) is 13.0. The van der Waals surface area contributed by atoms with Crippen molar-refractivity contribution in [2.24, 2.45) is 5.92 Å². The lowest BCUT2D eigenvalue weighted by Gasteiger charge is -2.22. The maximum absolute atomic E-state index is 13.2. The molecule has 3 heterocycles. The third-order valence-corrected chi connectivity index (χ3v) is 6.90. The third kappa shape index (κ3) is 6.74. The van der Waals surface area contributed by atoms with E-state index in [1.54, 1.807) is 32.9 Å². The molecule has 0 aliphatic carbocycles. The van der Waals surface area contributed by atoms with Crippen LogP contribution in [-0.4, -0.2) is 39.9 Å². The molecule has 1 fully saturated rings. The Morgan fingerprint density at radius 1 is 0.854 bits per heavy atom. The highest BCUT2D eigenvalue weighted by molar-refractivity contribution is 5.75. The van der Waals surface area contributed by atoms with Gasteiger partial charge in [0.05, 0.1) is 21.2 Å². The SMILES string of the molecule is Cc1noc(C)c1-c1ccc(F)c([N+](=O)[O-])c1.Cc1noc(C)c1-c1ccc(NCC2CCOCC2)c([N+](=O)[O-])c1. The summed E-state index contributed by atoms with van der Waals surface area (Å²) in [4.78, 5) is 21.0. The third-order valence-electron chi connectivity index (χ3n) is 6.90. The molecule has 0 saturated carbocycles. The van der Waals surface area contributed by atoms with E-state index >= 15 is 0 Å². The maximum Gasteiger partial charge on any atom is 0.305 e. The van der Waals surface area contributed by atoms with E-state index in [0.29, 0.717) is 39.9 Å². The second kappa shape index (κ2) is 12.7. The van der Waals surface area contributed by atoms with Crippen molar-refractivity contribution in [1.82, 2.24) is 10.3 Å². The Kier molecular flexibility index (Phi) is 9.07. The number of nitro groups is 2.